The Bertz CT molecular complexity index is 666. The second kappa shape index (κ2) is 11.7. The van der Waals surface area contributed by atoms with Gasteiger partial charge < -0.3 is 15.7 Å². The third kappa shape index (κ3) is 7.89. The van der Waals surface area contributed by atoms with Gasteiger partial charge in [0.2, 0.25) is 0 Å². The van der Waals surface area contributed by atoms with Gasteiger partial charge in [0.25, 0.3) is 0 Å². The van der Waals surface area contributed by atoms with Crippen LogP contribution in [0.3, 0.4) is 0 Å². The van der Waals surface area contributed by atoms with Gasteiger partial charge in [0, 0.05) is 18.0 Å². The molecule has 8 heteroatoms. The molecule has 2 rings (SSSR count). The summed E-state index contributed by atoms with van der Waals surface area (Å²) in [4.78, 5) is 5.19. The molecule has 4 nitrogen and oxygen atoms in total. The summed E-state index contributed by atoms with van der Waals surface area (Å²) in [6, 6.07) is 10.0. The number of nitrogens with zero attached hydrogens (tertiary/aromatic N) is 1. The van der Waals surface area contributed by atoms with E-state index in [1.54, 1.807) is 18.2 Å². The molecule has 0 bridgehead atoms. The van der Waals surface area contributed by atoms with Gasteiger partial charge in [-0.25, -0.2) is 4.39 Å². The average molecular weight is 498 g/mol. The van der Waals surface area contributed by atoms with E-state index in [1.807, 2.05) is 13.0 Å². The van der Waals surface area contributed by atoms with Crippen molar-refractivity contribution >= 4 is 52.9 Å². The summed E-state index contributed by atoms with van der Waals surface area (Å²) in [6.45, 7) is 3.62. The quantitative estimate of drug-likeness (QED) is 0.308. The van der Waals surface area contributed by atoms with Crippen LogP contribution in [0.2, 0.25) is 4.34 Å². The Labute approximate surface area is 173 Å². The van der Waals surface area contributed by atoms with Crippen LogP contribution in [0, 0.1) is 5.82 Å². The predicted octanol–water partition coefficient (Wildman–Crippen LogP) is 3.99. The van der Waals surface area contributed by atoms with E-state index < -0.39 is 6.10 Å². The van der Waals surface area contributed by atoms with Gasteiger partial charge in [0.1, 0.15) is 11.9 Å². The van der Waals surface area contributed by atoms with Crippen LogP contribution < -0.4 is 10.6 Å². The summed E-state index contributed by atoms with van der Waals surface area (Å²) in [5.74, 6) is 0.408. The Morgan fingerprint density at radius 3 is 2.56 bits per heavy atom. The molecule has 25 heavy (non-hydrogen) atoms. The van der Waals surface area contributed by atoms with Crippen molar-refractivity contribution < 1.29 is 9.50 Å². The zero-order valence-electron chi connectivity index (χ0n) is 13.8. The third-order valence-corrected chi connectivity index (χ3v) is 4.64. The van der Waals surface area contributed by atoms with Crippen LogP contribution >= 0.6 is 46.9 Å². The highest BCUT2D eigenvalue weighted by Crippen LogP contribution is 2.26. The molecule has 138 valence electrons. The van der Waals surface area contributed by atoms with Crippen molar-refractivity contribution in [1.29, 1.82) is 0 Å². The van der Waals surface area contributed by atoms with Crippen LogP contribution in [0.5, 0.6) is 0 Å². The minimum absolute atomic E-state index is 0. The Morgan fingerprint density at radius 1 is 1.24 bits per heavy atom. The lowest BCUT2D eigenvalue weighted by Gasteiger charge is -2.12. The summed E-state index contributed by atoms with van der Waals surface area (Å²) in [6.07, 6.45) is 0.0865. The van der Waals surface area contributed by atoms with E-state index in [-0.39, 0.29) is 36.3 Å². The number of rotatable bonds is 7. The molecule has 0 aliphatic carbocycles. The van der Waals surface area contributed by atoms with Crippen molar-refractivity contribution in [2.24, 2.45) is 4.99 Å². The Balaban J connectivity index is 0.00000312. The molecule has 0 fully saturated rings. The molecule has 0 amide bonds. The number of aliphatic hydroxyl groups excluding tert-OH is 1. The summed E-state index contributed by atoms with van der Waals surface area (Å²) in [7, 11) is 0. The number of hydrogen-bond donors (Lipinski definition) is 3. The maximum Gasteiger partial charge on any atom is 0.191 e. The van der Waals surface area contributed by atoms with Gasteiger partial charge >= 0.3 is 0 Å². The van der Waals surface area contributed by atoms with Crippen LogP contribution in [0.15, 0.2) is 41.4 Å². The molecule has 2 aromatic rings. The van der Waals surface area contributed by atoms with E-state index in [0.717, 1.165) is 23.4 Å². The van der Waals surface area contributed by atoms with Crippen molar-refractivity contribution in [3.05, 3.63) is 57.0 Å². The summed E-state index contributed by atoms with van der Waals surface area (Å²) >= 11 is 7.23. The number of aliphatic imine (C=N–C) groups is 1. The number of thiophene rings is 1. The summed E-state index contributed by atoms with van der Waals surface area (Å²) in [5, 5.41) is 16.5. The normalized spacial score (nSPS) is 12.4. The van der Waals surface area contributed by atoms with Crippen LogP contribution in [0.25, 0.3) is 0 Å². The second-order valence-electron chi connectivity index (χ2n) is 5.18. The monoisotopic (exact) mass is 497 g/mol. The van der Waals surface area contributed by atoms with Crippen LogP contribution in [-0.4, -0.2) is 30.7 Å². The zero-order valence-corrected chi connectivity index (χ0v) is 17.7. The fourth-order valence-electron chi connectivity index (χ4n) is 2.09. The smallest absolute Gasteiger partial charge is 0.191 e. The molecule has 0 saturated carbocycles. The maximum absolute atomic E-state index is 12.9. The van der Waals surface area contributed by atoms with Gasteiger partial charge in [-0.05, 0) is 43.2 Å². The van der Waals surface area contributed by atoms with E-state index in [9.17, 15) is 9.50 Å². The Hall–Kier alpha value is -0.900. The Kier molecular flexibility index (Phi) is 10.3. The molecule has 0 radical (unpaired) electrons. The van der Waals surface area contributed by atoms with Gasteiger partial charge in [0.05, 0.1) is 10.9 Å². The van der Waals surface area contributed by atoms with Gasteiger partial charge in [0.15, 0.2) is 5.96 Å². The number of benzene rings is 1. The number of hydrogen-bond acceptors (Lipinski definition) is 3. The van der Waals surface area contributed by atoms with Gasteiger partial charge in [-0.1, -0.05) is 23.7 Å². The highest BCUT2D eigenvalue weighted by Gasteiger charge is 2.10. The van der Waals surface area contributed by atoms with Crippen LogP contribution in [0.4, 0.5) is 4.39 Å². The molecule has 1 heterocycles. The predicted molar refractivity (Wildman–Crippen MR) is 114 cm³/mol. The highest BCUT2D eigenvalue weighted by molar-refractivity contribution is 14.0. The topological polar surface area (TPSA) is 56.7 Å². The van der Waals surface area contributed by atoms with Crippen molar-refractivity contribution in [3.63, 3.8) is 0 Å². The molecular weight excluding hydrogens is 476 g/mol. The maximum atomic E-state index is 12.9. The minimum Gasteiger partial charge on any atom is -0.386 e. The Morgan fingerprint density at radius 2 is 1.96 bits per heavy atom. The highest BCUT2D eigenvalue weighted by atomic mass is 127. The number of nitrogens with one attached hydrogen (secondary N) is 2. The number of guanidine groups is 1. The van der Waals surface area contributed by atoms with Crippen molar-refractivity contribution in [2.75, 3.05) is 19.6 Å². The van der Waals surface area contributed by atoms with Crippen molar-refractivity contribution in [1.82, 2.24) is 10.6 Å². The fourth-order valence-corrected chi connectivity index (χ4v) is 3.13. The molecule has 0 saturated heterocycles. The lowest BCUT2D eigenvalue weighted by atomic mass is 10.1. The molecular formula is C17H22ClFIN3OS. The fraction of sp³-hybridized carbons (Fsp3) is 0.353. The molecule has 0 aliphatic rings. The first-order valence-electron chi connectivity index (χ1n) is 7.78. The first-order chi connectivity index (χ1) is 11.6. The minimum atomic E-state index is -0.671. The van der Waals surface area contributed by atoms with Crippen molar-refractivity contribution in [3.8, 4) is 0 Å². The standard InChI is InChI=1S/C17H21ClFN3OS.HI/c1-2-20-17(21-10-9-12-3-5-13(19)6-4-12)22-11-14(23)15-7-8-16(18)24-15;/h3-8,14,23H,2,9-11H2,1H3,(H2,20,21,22);1H. The van der Waals surface area contributed by atoms with Gasteiger partial charge in [-0.15, -0.1) is 35.3 Å². The van der Waals surface area contributed by atoms with Crippen LogP contribution in [0.1, 0.15) is 23.5 Å². The van der Waals surface area contributed by atoms with Gasteiger partial charge in [-0.3, -0.25) is 4.99 Å². The van der Waals surface area contributed by atoms with E-state index in [0.29, 0.717) is 16.8 Å². The molecule has 1 aromatic carbocycles. The molecule has 0 spiro atoms. The summed E-state index contributed by atoms with van der Waals surface area (Å²) in [5.41, 5.74) is 1.05. The third-order valence-electron chi connectivity index (χ3n) is 3.31. The number of aliphatic hydroxyl groups is 1. The molecule has 1 atom stereocenters. The lowest BCUT2D eigenvalue weighted by molar-refractivity contribution is 0.191. The molecule has 3 N–H and O–H groups in total. The second-order valence-corrected chi connectivity index (χ2v) is 6.93. The van der Waals surface area contributed by atoms with Crippen LogP contribution in [-0.2, 0) is 6.42 Å². The molecule has 1 unspecified atom stereocenters. The zero-order chi connectivity index (χ0) is 17.4. The summed E-state index contributed by atoms with van der Waals surface area (Å²) < 4.78 is 13.5. The van der Waals surface area contributed by atoms with E-state index in [4.69, 9.17) is 11.6 Å². The first-order valence-corrected chi connectivity index (χ1v) is 8.98. The van der Waals surface area contributed by atoms with E-state index >= 15 is 0 Å². The molecule has 0 aliphatic heterocycles. The first kappa shape index (κ1) is 22.1. The average Bonchev–Trinajstić information content (AvgIpc) is 3.01. The van der Waals surface area contributed by atoms with Gasteiger partial charge in [-0.2, -0.15) is 0 Å². The number of halogens is 3. The largest absolute Gasteiger partial charge is 0.386 e. The van der Waals surface area contributed by atoms with E-state index in [1.165, 1.54) is 23.5 Å². The SMILES string of the molecule is CCNC(=NCC(O)c1ccc(Cl)s1)NCCc1ccc(F)cc1.I. The lowest BCUT2D eigenvalue weighted by Crippen LogP contribution is -2.38. The van der Waals surface area contributed by atoms with E-state index in [2.05, 4.69) is 15.6 Å². The van der Waals surface area contributed by atoms with Crippen molar-refractivity contribution in [2.45, 2.75) is 19.4 Å². The molecule has 1 aromatic heterocycles.